The molecule has 5 heteroatoms. The minimum atomic E-state index is -0.238. The minimum absolute atomic E-state index is 0.0470. The summed E-state index contributed by atoms with van der Waals surface area (Å²) < 4.78 is 0. The molecule has 0 saturated carbocycles. The second-order valence-corrected chi connectivity index (χ2v) is 6.51. The zero-order chi connectivity index (χ0) is 15.9. The van der Waals surface area contributed by atoms with E-state index in [-0.39, 0.29) is 11.2 Å². The summed E-state index contributed by atoms with van der Waals surface area (Å²) in [5.74, 6) is -0.0470. The predicted octanol–water partition coefficient (Wildman–Crippen LogP) is 4.01. The van der Waals surface area contributed by atoms with Crippen molar-refractivity contribution in [2.75, 3.05) is 0 Å². The summed E-state index contributed by atoms with van der Waals surface area (Å²) in [6, 6.07) is 16.7. The fourth-order valence-corrected chi connectivity index (χ4v) is 2.99. The standard InChI is InChI=1S/C17H15ClN2OS/c1-12(22-16-5-3-2-4-15(16)18)17(21)20-11-14-8-6-13(10-19)7-9-14/h2-9,12H,11H2,1H3,(H,20,21). The van der Waals surface area contributed by atoms with Crippen molar-refractivity contribution in [1.29, 1.82) is 5.26 Å². The fraction of sp³-hybridized carbons (Fsp3) is 0.176. The van der Waals surface area contributed by atoms with Gasteiger partial charge < -0.3 is 5.32 Å². The molecule has 0 heterocycles. The maximum Gasteiger partial charge on any atom is 0.233 e. The van der Waals surface area contributed by atoms with Crippen LogP contribution in [0.3, 0.4) is 0 Å². The van der Waals surface area contributed by atoms with Gasteiger partial charge in [0.25, 0.3) is 0 Å². The van der Waals surface area contributed by atoms with E-state index in [2.05, 4.69) is 11.4 Å². The first-order chi connectivity index (χ1) is 10.6. The Balaban J connectivity index is 1.88. The first kappa shape index (κ1) is 16.4. The van der Waals surface area contributed by atoms with Gasteiger partial charge in [0.1, 0.15) is 0 Å². The molecule has 1 N–H and O–H groups in total. The second-order valence-electron chi connectivity index (χ2n) is 4.72. The summed E-state index contributed by atoms with van der Waals surface area (Å²) in [6.45, 7) is 2.29. The number of hydrogen-bond donors (Lipinski definition) is 1. The molecule has 1 unspecified atom stereocenters. The molecule has 22 heavy (non-hydrogen) atoms. The molecule has 0 spiro atoms. The van der Waals surface area contributed by atoms with E-state index >= 15 is 0 Å². The van der Waals surface area contributed by atoms with Gasteiger partial charge in [-0.2, -0.15) is 5.26 Å². The molecular formula is C17H15ClN2OS. The minimum Gasteiger partial charge on any atom is -0.351 e. The Morgan fingerprint density at radius 1 is 1.27 bits per heavy atom. The summed E-state index contributed by atoms with van der Waals surface area (Å²) in [5, 5.41) is 12.1. The summed E-state index contributed by atoms with van der Waals surface area (Å²) in [7, 11) is 0. The number of benzene rings is 2. The molecule has 1 amide bonds. The number of nitrogens with zero attached hydrogens (tertiary/aromatic N) is 1. The molecule has 0 aliphatic rings. The van der Waals surface area contributed by atoms with Gasteiger partial charge >= 0.3 is 0 Å². The molecule has 1 atom stereocenters. The number of rotatable bonds is 5. The van der Waals surface area contributed by atoms with Gasteiger partial charge in [-0.3, -0.25) is 4.79 Å². The van der Waals surface area contributed by atoms with E-state index in [1.807, 2.05) is 43.3 Å². The molecule has 2 rings (SSSR count). The van der Waals surface area contributed by atoms with Crippen LogP contribution in [-0.4, -0.2) is 11.2 Å². The van der Waals surface area contributed by atoms with Crippen molar-refractivity contribution in [1.82, 2.24) is 5.32 Å². The molecule has 0 saturated heterocycles. The van der Waals surface area contributed by atoms with Crippen LogP contribution in [-0.2, 0) is 11.3 Å². The quantitative estimate of drug-likeness (QED) is 0.843. The lowest BCUT2D eigenvalue weighted by molar-refractivity contribution is -0.120. The molecule has 112 valence electrons. The summed E-state index contributed by atoms with van der Waals surface area (Å²) in [5.41, 5.74) is 1.57. The molecule has 0 radical (unpaired) electrons. The molecule has 2 aromatic rings. The van der Waals surface area contributed by atoms with Crippen molar-refractivity contribution in [2.45, 2.75) is 23.6 Å². The average molecular weight is 331 g/mol. The van der Waals surface area contributed by atoms with Gasteiger partial charge in [-0.25, -0.2) is 0 Å². The van der Waals surface area contributed by atoms with Crippen LogP contribution in [0.5, 0.6) is 0 Å². The van der Waals surface area contributed by atoms with Gasteiger partial charge in [-0.15, -0.1) is 11.8 Å². The van der Waals surface area contributed by atoms with E-state index in [0.29, 0.717) is 17.1 Å². The number of carbonyl (C=O) groups excluding carboxylic acids is 1. The van der Waals surface area contributed by atoms with Gasteiger partial charge in [0.05, 0.1) is 21.9 Å². The lowest BCUT2D eigenvalue weighted by Gasteiger charge is -2.13. The van der Waals surface area contributed by atoms with Crippen LogP contribution in [0.15, 0.2) is 53.4 Å². The Morgan fingerprint density at radius 2 is 1.95 bits per heavy atom. The third kappa shape index (κ3) is 4.52. The van der Waals surface area contributed by atoms with E-state index in [0.717, 1.165) is 10.5 Å². The van der Waals surface area contributed by atoms with E-state index in [4.69, 9.17) is 16.9 Å². The van der Waals surface area contributed by atoms with Gasteiger partial charge in [0, 0.05) is 11.4 Å². The van der Waals surface area contributed by atoms with Crippen molar-refractivity contribution in [2.24, 2.45) is 0 Å². The Labute approximate surface area is 139 Å². The van der Waals surface area contributed by atoms with Gasteiger partial charge in [0.2, 0.25) is 5.91 Å². The molecule has 3 nitrogen and oxygen atoms in total. The monoisotopic (exact) mass is 330 g/mol. The highest BCUT2D eigenvalue weighted by Gasteiger charge is 2.15. The molecular weight excluding hydrogens is 316 g/mol. The Morgan fingerprint density at radius 3 is 2.59 bits per heavy atom. The zero-order valence-corrected chi connectivity index (χ0v) is 13.6. The topological polar surface area (TPSA) is 52.9 Å². The fourth-order valence-electron chi connectivity index (χ4n) is 1.81. The highest BCUT2D eigenvalue weighted by molar-refractivity contribution is 8.00. The van der Waals surface area contributed by atoms with Gasteiger partial charge in [-0.05, 0) is 36.8 Å². The lowest BCUT2D eigenvalue weighted by atomic mass is 10.1. The highest BCUT2D eigenvalue weighted by atomic mass is 35.5. The summed E-state index contributed by atoms with van der Waals surface area (Å²) in [6.07, 6.45) is 0. The first-order valence-electron chi connectivity index (χ1n) is 6.78. The van der Waals surface area contributed by atoms with Crippen LogP contribution in [0.1, 0.15) is 18.1 Å². The lowest BCUT2D eigenvalue weighted by Crippen LogP contribution is -2.30. The van der Waals surface area contributed by atoms with Gasteiger partial charge in [-0.1, -0.05) is 35.9 Å². The van der Waals surface area contributed by atoms with E-state index in [9.17, 15) is 4.79 Å². The van der Waals surface area contributed by atoms with Crippen molar-refractivity contribution in [3.63, 3.8) is 0 Å². The van der Waals surface area contributed by atoms with E-state index < -0.39 is 0 Å². The summed E-state index contributed by atoms with van der Waals surface area (Å²) in [4.78, 5) is 13.0. The van der Waals surface area contributed by atoms with Crippen LogP contribution in [0.25, 0.3) is 0 Å². The number of nitriles is 1. The SMILES string of the molecule is CC(Sc1ccccc1Cl)C(=O)NCc1ccc(C#N)cc1. The Hall–Kier alpha value is -1.96. The van der Waals surface area contributed by atoms with Crippen molar-refractivity contribution >= 4 is 29.3 Å². The number of nitrogens with one attached hydrogen (secondary N) is 1. The number of thioether (sulfide) groups is 1. The summed E-state index contributed by atoms with van der Waals surface area (Å²) >= 11 is 7.53. The molecule has 0 bridgehead atoms. The first-order valence-corrected chi connectivity index (χ1v) is 8.04. The maximum atomic E-state index is 12.1. The smallest absolute Gasteiger partial charge is 0.233 e. The molecule has 0 fully saturated rings. The Bertz CT molecular complexity index is 695. The highest BCUT2D eigenvalue weighted by Crippen LogP contribution is 2.29. The van der Waals surface area contributed by atoms with E-state index in [1.54, 1.807) is 12.1 Å². The third-order valence-corrected chi connectivity index (χ3v) is 4.68. The van der Waals surface area contributed by atoms with Crippen molar-refractivity contribution in [3.05, 3.63) is 64.7 Å². The largest absolute Gasteiger partial charge is 0.351 e. The predicted molar refractivity (Wildman–Crippen MR) is 89.8 cm³/mol. The van der Waals surface area contributed by atoms with Crippen LogP contribution < -0.4 is 5.32 Å². The number of amides is 1. The Kier molecular flexibility index (Phi) is 5.88. The van der Waals surface area contributed by atoms with Crippen molar-refractivity contribution < 1.29 is 4.79 Å². The average Bonchev–Trinajstić information content (AvgIpc) is 2.55. The maximum absolute atomic E-state index is 12.1. The number of hydrogen-bond acceptors (Lipinski definition) is 3. The second kappa shape index (κ2) is 7.88. The van der Waals surface area contributed by atoms with E-state index in [1.165, 1.54) is 11.8 Å². The van der Waals surface area contributed by atoms with Crippen LogP contribution in [0, 0.1) is 11.3 Å². The third-order valence-electron chi connectivity index (χ3n) is 3.06. The molecule has 0 aliphatic heterocycles. The van der Waals surface area contributed by atoms with Crippen molar-refractivity contribution in [3.8, 4) is 6.07 Å². The molecule has 0 aromatic heterocycles. The van der Waals surface area contributed by atoms with Gasteiger partial charge in [0.15, 0.2) is 0 Å². The molecule has 0 aliphatic carbocycles. The number of carbonyl (C=O) groups is 1. The normalized spacial score (nSPS) is 11.5. The number of halogens is 1. The molecule has 2 aromatic carbocycles. The van der Waals surface area contributed by atoms with Crippen LogP contribution in [0.2, 0.25) is 5.02 Å². The van der Waals surface area contributed by atoms with Crippen LogP contribution >= 0.6 is 23.4 Å². The zero-order valence-electron chi connectivity index (χ0n) is 12.0. The van der Waals surface area contributed by atoms with Crippen LogP contribution in [0.4, 0.5) is 0 Å².